The number of nitrogens with zero attached hydrogens (tertiary/aromatic N) is 2. The topological polar surface area (TPSA) is 66.9 Å². The number of nitrogens with one attached hydrogen (secondary N) is 2. The summed E-state index contributed by atoms with van der Waals surface area (Å²) in [6.45, 7) is 0.600. The lowest BCUT2D eigenvalue weighted by atomic mass is 9.97. The molecule has 0 aliphatic heterocycles. The van der Waals surface area contributed by atoms with Crippen LogP contribution in [0.3, 0.4) is 0 Å². The van der Waals surface area contributed by atoms with Crippen molar-refractivity contribution in [2.24, 2.45) is 0 Å². The minimum atomic E-state index is -0.872. The zero-order chi connectivity index (χ0) is 18.8. The summed E-state index contributed by atoms with van der Waals surface area (Å²) in [7, 11) is 0. The van der Waals surface area contributed by atoms with Gasteiger partial charge in [0.15, 0.2) is 0 Å². The summed E-state index contributed by atoms with van der Waals surface area (Å²) >= 11 is 1.71. The fourth-order valence-corrected chi connectivity index (χ4v) is 4.61. The molecule has 4 rings (SSSR count). The molecule has 8 heteroatoms. The molecule has 3 aromatic rings. The lowest BCUT2D eigenvalue weighted by molar-refractivity contribution is 0.0946. The van der Waals surface area contributed by atoms with E-state index in [0.717, 1.165) is 47.4 Å². The number of halogens is 2. The Bertz CT molecular complexity index is 985. The van der Waals surface area contributed by atoms with E-state index in [-0.39, 0.29) is 6.54 Å². The minimum absolute atomic E-state index is 0.213. The van der Waals surface area contributed by atoms with E-state index in [1.165, 1.54) is 29.3 Å². The number of carbonyl (C=O) groups excluding carboxylic acids is 1. The van der Waals surface area contributed by atoms with E-state index < -0.39 is 23.1 Å². The summed E-state index contributed by atoms with van der Waals surface area (Å²) in [5.41, 5.74) is 0.760. The highest BCUT2D eigenvalue weighted by Gasteiger charge is 2.20. The second-order valence-electron chi connectivity index (χ2n) is 6.39. The van der Waals surface area contributed by atoms with Crippen LogP contribution in [-0.2, 0) is 12.8 Å². The van der Waals surface area contributed by atoms with Gasteiger partial charge in [0.1, 0.15) is 34.2 Å². The Morgan fingerprint density at radius 3 is 2.70 bits per heavy atom. The van der Waals surface area contributed by atoms with E-state index in [2.05, 4.69) is 20.6 Å². The van der Waals surface area contributed by atoms with Crippen molar-refractivity contribution in [2.45, 2.75) is 25.7 Å². The zero-order valence-corrected chi connectivity index (χ0v) is 15.3. The SMILES string of the molecule is O=C(NCCNc1ncnc2sc3c(c12)CCCC3)c1c(F)cccc1F. The smallest absolute Gasteiger partial charge is 0.257 e. The highest BCUT2D eigenvalue weighted by molar-refractivity contribution is 7.19. The number of rotatable bonds is 5. The third-order valence-electron chi connectivity index (χ3n) is 4.64. The number of aryl methyl sites for hydroxylation is 2. The summed E-state index contributed by atoms with van der Waals surface area (Å²) < 4.78 is 27.3. The number of amides is 1. The normalized spacial score (nSPS) is 13.4. The van der Waals surface area contributed by atoms with Crippen molar-refractivity contribution in [1.82, 2.24) is 15.3 Å². The average Bonchev–Trinajstić information content (AvgIpc) is 3.04. The first-order chi connectivity index (χ1) is 13.1. The Labute approximate surface area is 158 Å². The van der Waals surface area contributed by atoms with Crippen LogP contribution in [0, 0.1) is 11.6 Å². The molecule has 1 aliphatic rings. The molecule has 0 bridgehead atoms. The molecule has 2 aromatic heterocycles. The van der Waals surface area contributed by atoms with Crippen LogP contribution in [0.4, 0.5) is 14.6 Å². The molecule has 1 amide bonds. The van der Waals surface area contributed by atoms with Gasteiger partial charge in [0.05, 0.1) is 5.39 Å². The van der Waals surface area contributed by atoms with Gasteiger partial charge in [-0.15, -0.1) is 11.3 Å². The molecule has 0 fully saturated rings. The van der Waals surface area contributed by atoms with Gasteiger partial charge in [0.2, 0.25) is 0 Å². The van der Waals surface area contributed by atoms with Crippen molar-refractivity contribution in [3.63, 3.8) is 0 Å². The summed E-state index contributed by atoms with van der Waals surface area (Å²) in [6.07, 6.45) is 6.01. The lowest BCUT2D eigenvalue weighted by Crippen LogP contribution is -2.30. The third-order valence-corrected chi connectivity index (χ3v) is 5.84. The van der Waals surface area contributed by atoms with Crippen LogP contribution in [0.15, 0.2) is 24.5 Å². The number of carbonyl (C=O) groups is 1. The van der Waals surface area contributed by atoms with Gasteiger partial charge in [0.25, 0.3) is 5.91 Å². The zero-order valence-electron chi connectivity index (χ0n) is 14.5. The Morgan fingerprint density at radius 1 is 1.11 bits per heavy atom. The van der Waals surface area contributed by atoms with Crippen LogP contribution in [0.25, 0.3) is 10.2 Å². The molecule has 2 N–H and O–H groups in total. The number of anilines is 1. The molecule has 0 spiro atoms. The molecule has 0 atom stereocenters. The molecule has 0 saturated carbocycles. The highest BCUT2D eigenvalue weighted by Crippen LogP contribution is 2.37. The van der Waals surface area contributed by atoms with E-state index in [1.54, 1.807) is 11.3 Å². The minimum Gasteiger partial charge on any atom is -0.368 e. The van der Waals surface area contributed by atoms with E-state index in [0.29, 0.717) is 6.54 Å². The number of hydrogen-bond acceptors (Lipinski definition) is 5. The molecule has 2 heterocycles. The van der Waals surface area contributed by atoms with Crippen molar-refractivity contribution < 1.29 is 13.6 Å². The number of hydrogen-bond donors (Lipinski definition) is 2. The predicted molar refractivity (Wildman–Crippen MR) is 101 cm³/mol. The first kappa shape index (κ1) is 17.8. The summed E-state index contributed by atoms with van der Waals surface area (Å²) in [4.78, 5) is 23.1. The summed E-state index contributed by atoms with van der Waals surface area (Å²) in [6, 6.07) is 3.35. The Morgan fingerprint density at radius 2 is 1.89 bits per heavy atom. The molecular formula is C19H18F2N4OS. The van der Waals surface area contributed by atoms with Crippen molar-refractivity contribution in [3.05, 3.63) is 52.2 Å². The average molecular weight is 388 g/mol. The molecule has 0 saturated heterocycles. The second kappa shape index (κ2) is 7.56. The van der Waals surface area contributed by atoms with Crippen molar-refractivity contribution in [1.29, 1.82) is 0 Å². The number of fused-ring (bicyclic) bond motifs is 3. The number of aromatic nitrogens is 2. The van der Waals surface area contributed by atoms with Gasteiger partial charge in [-0.1, -0.05) is 6.07 Å². The number of benzene rings is 1. The molecule has 1 aromatic carbocycles. The molecule has 1 aliphatic carbocycles. The largest absolute Gasteiger partial charge is 0.368 e. The van der Waals surface area contributed by atoms with Gasteiger partial charge in [-0.05, 0) is 43.4 Å². The van der Waals surface area contributed by atoms with Crippen LogP contribution in [-0.4, -0.2) is 29.0 Å². The van der Waals surface area contributed by atoms with Crippen LogP contribution in [0.1, 0.15) is 33.6 Å². The summed E-state index contributed by atoms with van der Waals surface area (Å²) in [5, 5.41) is 6.81. The van der Waals surface area contributed by atoms with Gasteiger partial charge >= 0.3 is 0 Å². The molecular weight excluding hydrogens is 370 g/mol. The Kier molecular flexibility index (Phi) is 4.98. The molecule has 140 valence electrons. The van der Waals surface area contributed by atoms with Crippen LogP contribution in [0.2, 0.25) is 0 Å². The lowest BCUT2D eigenvalue weighted by Gasteiger charge is -2.12. The maximum Gasteiger partial charge on any atom is 0.257 e. The standard InChI is InChI=1S/C19H18F2N4OS/c20-12-5-3-6-13(21)16(12)18(26)23-9-8-22-17-15-11-4-1-2-7-14(11)27-19(15)25-10-24-17/h3,5-6,10H,1-2,4,7-9H2,(H,23,26)(H,22,24,25). The van der Waals surface area contributed by atoms with E-state index in [9.17, 15) is 13.6 Å². The number of thiophene rings is 1. The molecule has 0 unspecified atom stereocenters. The third kappa shape index (κ3) is 3.49. The van der Waals surface area contributed by atoms with Crippen LogP contribution < -0.4 is 10.6 Å². The predicted octanol–water partition coefficient (Wildman–Crippen LogP) is 3.69. The fourth-order valence-electron chi connectivity index (χ4n) is 3.38. The van der Waals surface area contributed by atoms with Crippen LogP contribution in [0.5, 0.6) is 0 Å². The maximum atomic E-state index is 13.6. The van der Waals surface area contributed by atoms with Gasteiger partial charge < -0.3 is 10.6 Å². The highest BCUT2D eigenvalue weighted by atomic mass is 32.1. The monoisotopic (exact) mass is 388 g/mol. The van der Waals surface area contributed by atoms with E-state index >= 15 is 0 Å². The first-order valence-corrected chi connectivity index (χ1v) is 9.68. The van der Waals surface area contributed by atoms with Gasteiger partial charge in [-0.25, -0.2) is 18.7 Å². The van der Waals surface area contributed by atoms with Crippen molar-refractivity contribution in [2.75, 3.05) is 18.4 Å². The van der Waals surface area contributed by atoms with Crippen molar-refractivity contribution in [3.8, 4) is 0 Å². The molecule has 0 radical (unpaired) electrons. The van der Waals surface area contributed by atoms with Gasteiger partial charge in [-0.3, -0.25) is 4.79 Å². The van der Waals surface area contributed by atoms with E-state index in [4.69, 9.17) is 0 Å². The fraction of sp³-hybridized carbons (Fsp3) is 0.316. The maximum absolute atomic E-state index is 13.6. The quantitative estimate of drug-likeness (QED) is 0.654. The van der Waals surface area contributed by atoms with Gasteiger partial charge in [0, 0.05) is 18.0 Å². The first-order valence-electron chi connectivity index (χ1n) is 8.86. The van der Waals surface area contributed by atoms with Gasteiger partial charge in [-0.2, -0.15) is 0 Å². The van der Waals surface area contributed by atoms with Crippen LogP contribution >= 0.6 is 11.3 Å². The Hall–Kier alpha value is -2.61. The van der Waals surface area contributed by atoms with E-state index in [1.807, 2.05) is 0 Å². The summed E-state index contributed by atoms with van der Waals surface area (Å²) in [5.74, 6) is -1.77. The second-order valence-corrected chi connectivity index (χ2v) is 7.48. The molecule has 5 nitrogen and oxygen atoms in total. The molecule has 27 heavy (non-hydrogen) atoms. The Balaban J connectivity index is 1.43. The van der Waals surface area contributed by atoms with Crippen molar-refractivity contribution >= 4 is 33.3 Å².